The first-order chi connectivity index (χ1) is 15.0. The van der Waals surface area contributed by atoms with Crippen LogP contribution in [0.15, 0.2) is 73.9 Å². The Balaban J connectivity index is 1.85. The second kappa shape index (κ2) is 9.38. The molecule has 2 aromatic rings. The molecule has 0 fully saturated rings. The molecule has 0 amide bonds. The zero-order chi connectivity index (χ0) is 22.0. The third kappa shape index (κ3) is 4.61. The third-order valence-corrected chi connectivity index (χ3v) is 15.8. The summed E-state index contributed by atoms with van der Waals surface area (Å²) in [5.74, 6) is 0.599. The van der Waals surface area contributed by atoms with Gasteiger partial charge in [-0.05, 0) is 0 Å². The van der Waals surface area contributed by atoms with Crippen LogP contribution in [0.4, 0.5) is 0 Å². The summed E-state index contributed by atoms with van der Waals surface area (Å²) in [4.78, 5) is 22.8. The summed E-state index contributed by atoms with van der Waals surface area (Å²) in [6.45, 7) is 0. The van der Waals surface area contributed by atoms with Crippen molar-refractivity contribution in [1.29, 1.82) is 0 Å². The van der Waals surface area contributed by atoms with E-state index in [1.165, 1.54) is 0 Å². The van der Waals surface area contributed by atoms with E-state index in [9.17, 15) is 20.2 Å². The van der Waals surface area contributed by atoms with Gasteiger partial charge in [0.15, 0.2) is 0 Å². The van der Waals surface area contributed by atoms with Crippen molar-refractivity contribution < 1.29 is 21.2 Å². The van der Waals surface area contributed by atoms with Gasteiger partial charge in [0.25, 0.3) is 0 Å². The van der Waals surface area contributed by atoms with Crippen molar-refractivity contribution >= 4 is 40.5 Å². The van der Waals surface area contributed by atoms with Crippen molar-refractivity contribution in [2.24, 2.45) is 11.8 Å². The number of rotatable bonds is 9. The SMILES string of the molecule is COc1ccc(I(O[N+](=O)[O-])C2=C(I(O[N+](=O)[O-])c3ccccc3)C3C=CC2C3)cc1. The molecule has 31 heavy (non-hydrogen) atoms. The number of halogens is 2. The summed E-state index contributed by atoms with van der Waals surface area (Å²) in [7, 11) is 1.55. The van der Waals surface area contributed by atoms with E-state index in [-0.39, 0.29) is 11.8 Å². The predicted molar refractivity (Wildman–Crippen MR) is 129 cm³/mol. The average Bonchev–Trinajstić information content (AvgIpc) is 3.38. The number of fused-ring (bicyclic) bond motifs is 2. The van der Waals surface area contributed by atoms with Crippen molar-refractivity contribution in [2.45, 2.75) is 6.42 Å². The molecule has 2 aromatic carbocycles. The van der Waals surface area contributed by atoms with Crippen LogP contribution in [-0.4, -0.2) is 17.3 Å². The second-order valence-electron chi connectivity index (χ2n) is 6.57. The summed E-state index contributed by atoms with van der Waals surface area (Å²) >= 11 is -5.91. The van der Waals surface area contributed by atoms with Gasteiger partial charge in [-0.25, -0.2) is 0 Å². The molecule has 0 N–H and O–H groups in total. The number of allylic oxidation sites excluding steroid dienone is 4. The van der Waals surface area contributed by atoms with Crippen LogP contribution in [0.2, 0.25) is 0 Å². The van der Waals surface area contributed by atoms with Crippen LogP contribution in [0.5, 0.6) is 5.75 Å². The number of hydrogen-bond acceptors (Lipinski definition) is 7. The molecule has 164 valence electrons. The predicted octanol–water partition coefficient (Wildman–Crippen LogP) is 5.41. The van der Waals surface area contributed by atoms with E-state index in [1.54, 1.807) is 31.4 Å². The molecule has 2 unspecified atom stereocenters. The molecule has 0 saturated heterocycles. The molecule has 0 aliphatic heterocycles. The zero-order valence-electron chi connectivity index (χ0n) is 16.2. The van der Waals surface area contributed by atoms with Gasteiger partial charge in [-0.2, -0.15) is 0 Å². The molecule has 0 saturated carbocycles. The van der Waals surface area contributed by atoms with E-state index in [1.807, 2.05) is 42.5 Å². The van der Waals surface area contributed by atoms with Gasteiger partial charge in [0.1, 0.15) is 0 Å². The van der Waals surface area contributed by atoms with Crippen LogP contribution in [0, 0.1) is 39.2 Å². The number of nitrogens with zero attached hydrogens (tertiary/aromatic N) is 2. The van der Waals surface area contributed by atoms with E-state index in [0.717, 1.165) is 20.7 Å². The number of ether oxygens (including phenoxy) is 1. The monoisotopic (exact) mass is 652 g/mol. The molecule has 2 aliphatic carbocycles. The first kappa shape index (κ1) is 21.8. The molecule has 2 aliphatic rings. The molecule has 9 nitrogen and oxygen atoms in total. The fourth-order valence-corrected chi connectivity index (χ4v) is 15.1. The summed E-state index contributed by atoms with van der Waals surface area (Å²) in [6.07, 6.45) is 4.82. The van der Waals surface area contributed by atoms with Crippen LogP contribution >= 0.6 is 40.5 Å². The Kier molecular flexibility index (Phi) is 6.60. The quantitative estimate of drug-likeness (QED) is 0.154. The molecule has 0 spiro atoms. The Morgan fingerprint density at radius 3 is 1.74 bits per heavy atom. The number of hydrogen-bond donors (Lipinski definition) is 0. The van der Waals surface area contributed by atoms with Gasteiger partial charge in [-0.15, -0.1) is 0 Å². The molecule has 0 aromatic heterocycles. The van der Waals surface area contributed by atoms with Crippen LogP contribution in [0.3, 0.4) is 0 Å². The summed E-state index contributed by atoms with van der Waals surface area (Å²) in [6, 6.07) is 16.2. The summed E-state index contributed by atoms with van der Waals surface area (Å²) in [5, 5.41) is 21.3. The van der Waals surface area contributed by atoms with Gasteiger partial charge in [-0.3, -0.25) is 0 Å². The van der Waals surface area contributed by atoms with E-state index < -0.39 is 50.6 Å². The van der Waals surface area contributed by atoms with E-state index in [0.29, 0.717) is 5.75 Å². The van der Waals surface area contributed by atoms with Crippen LogP contribution in [0.25, 0.3) is 0 Å². The summed E-state index contributed by atoms with van der Waals surface area (Å²) in [5.41, 5.74) is 0. The molecule has 2 bridgehead atoms. The fraction of sp³-hybridized carbons (Fsp3) is 0.200. The Hall–Kier alpha value is -2.42. The van der Waals surface area contributed by atoms with Gasteiger partial charge >= 0.3 is 194 Å². The maximum atomic E-state index is 11.4. The van der Waals surface area contributed by atoms with Gasteiger partial charge in [0, 0.05) is 0 Å². The Morgan fingerprint density at radius 1 is 0.806 bits per heavy atom. The first-order valence-electron chi connectivity index (χ1n) is 9.15. The molecule has 11 heteroatoms. The van der Waals surface area contributed by atoms with Crippen molar-refractivity contribution in [3.8, 4) is 5.75 Å². The second-order valence-corrected chi connectivity index (χ2v) is 15.0. The fourth-order valence-electron chi connectivity index (χ4n) is 3.56. The first-order valence-corrected chi connectivity index (χ1v) is 15.2. The normalized spacial score (nSPS) is 19.8. The van der Waals surface area contributed by atoms with Gasteiger partial charge in [-0.1, -0.05) is 0 Å². The van der Waals surface area contributed by atoms with Gasteiger partial charge in [0.05, 0.1) is 0 Å². The Labute approximate surface area is 193 Å². The van der Waals surface area contributed by atoms with Crippen LogP contribution < -0.4 is 4.74 Å². The Morgan fingerprint density at radius 2 is 1.29 bits per heavy atom. The van der Waals surface area contributed by atoms with Gasteiger partial charge < -0.3 is 0 Å². The topological polar surface area (TPSA) is 114 Å². The van der Waals surface area contributed by atoms with Crippen molar-refractivity contribution in [3.63, 3.8) is 0 Å². The van der Waals surface area contributed by atoms with Crippen LogP contribution in [-0.2, 0) is 6.33 Å². The molecular weight excluding hydrogens is 634 g/mol. The molecule has 0 radical (unpaired) electrons. The standard InChI is InChI=1S/C20H18I2N2O7/c1-29-18-11-9-17(10-12-18)22(31-24(27)28)20-15-8-7-14(13-15)19(20)21(30-23(25)26)16-5-3-2-4-6-16/h2-12,14-15H,13H2,1H3. The van der Waals surface area contributed by atoms with Crippen molar-refractivity contribution in [1.82, 2.24) is 0 Å². The zero-order valence-corrected chi connectivity index (χ0v) is 20.5. The number of benzene rings is 2. The minimum absolute atomic E-state index is 0.0150. The van der Waals surface area contributed by atoms with Crippen LogP contribution in [0.1, 0.15) is 6.42 Å². The molecule has 0 heterocycles. The number of methoxy groups -OCH3 is 1. The van der Waals surface area contributed by atoms with Gasteiger partial charge in [0.2, 0.25) is 0 Å². The van der Waals surface area contributed by atoms with E-state index >= 15 is 0 Å². The Bertz CT molecular complexity index is 1040. The van der Waals surface area contributed by atoms with E-state index in [2.05, 4.69) is 0 Å². The average molecular weight is 652 g/mol. The molecule has 4 rings (SSSR count). The maximum absolute atomic E-state index is 11.4. The molecular formula is C20H18I2N2O7. The van der Waals surface area contributed by atoms with Crippen molar-refractivity contribution in [2.75, 3.05) is 7.11 Å². The summed E-state index contributed by atoms with van der Waals surface area (Å²) < 4.78 is 19.0. The minimum atomic E-state index is -2.98. The third-order valence-electron chi connectivity index (χ3n) is 4.76. The molecule has 2 atom stereocenters. The van der Waals surface area contributed by atoms with E-state index in [4.69, 9.17) is 11.1 Å². The van der Waals surface area contributed by atoms with Crippen molar-refractivity contribution in [3.05, 3.63) is 101 Å².